The second-order valence-corrected chi connectivity index (χ2v) is 2.29. The Balaban J connectivity index is 2.32. The van der Waals surface area contributed by atoms with Gasteiger partial charge in [0, 0.05) is 6.08 Å². The first-order chi connectivity index (χ1) is 6.29. The van der Waals surface area contributed by atoms with Gasteiger partial charge in [-0.3, -0.25) is 10.1 Å². The molecule has 1 aromatic carbocycles. The van der Waals surface area contributed by atoms with Gasteiger partial charge in [0.15, 0.2) is 0 Å². The molecule has 0 aliphatic rings. The molecule has 0 heterocycles. The van der Waals surface area contributed by atoms with Gasteiger partial charge in [0.1, 0.15) is 12.4 Å². The van der Waals surface area contributed by atoms with Crippen LogP contribution in [0.4, 0.5) is 0 Å². The van der Waals surface area contributed by atoms with Crippen molar-refractivity contribution in [2.45, 2.75) is 0 Å². The van der Waals surface area contributed by atoms with Crippen molar-refractivity contribution in [3.8, 4) is 5.75 Å². The van der Waals surface area contributed by atoms with Crippen LogP contribution in [0.2, 0.25) is 0 Å². The van der Waals surface area contributed by atoms with E-state index in [4.69, 9.17) is 4.74 Å². The molecular weight excluding hydrogens is 170 g/mol. The zero-order chi connectivity index (χ0) is 9.52. The minimum absolute atomic E-state index is 0.213. The molecule has 0 aromatic heterocycles. The maximum Gasteiger partial charge on any atom is 0.233 e. The second kappa shape index (κ2) is 4.92. The van der Waals surface area contributed by atoms with Crippen LogP contribution in [0.5, 0.6) is 5.75 Å². The molecule has 4 heteroatoms. The van der Waals surface area contributed by atoms with Crippen LogP contribution in [0.15, 0.2) is 42.6 Å². The van der Waals surface area contributed by atoms with Crippen LogP contribution in [-0.2, 0) is 0 Å². The Kier molecular flexibility index (Phi) is 3.50. The van der Waals surface area contributed by atoms with Crippen LogP contribution in [0, 0.1) is 10.1 Å². The van der Waals surface area contributed by atoms with Crippen LogP contribution >= 0.6 is 0 Å². The molecule has 0 aliphatic heterocycles. The molecule has 0 unspecified atom stereocenters. The standard InChI is InChI=1S/C9H9NO3/c11-10(12)7-4-8-13-9-5-2-1-3-6-9/h1-7H,8H2. The summed E-state index contributed by atoms with van der Waals surface area (Å²) in [4.78, 5) is 9.35. The number of hydrogen-bond acceptors (Lipinski definition) is 3. The lowest BCUT2D eigenvalue weighted by molar-refractivity contribution is -0.402. The second-order valence-electron chi connectivity index (χ2n) is 2.29. The van der Waals surface area contributed by atoms with E-state index in [1.165, 1.54) is 6.08 Å². The van der Waals surface area contributed by atoms with Gasteiger partial charge >= 0.3 is 0 Å². The molecule has 0 aliphatic carbocycles. The highest BCUT2D eigenvalue weighted by Crippen LogP contribution is 2.07. The van der Waals surface area contributed by atoms with E-state index in [0.717, 1.165) is 6.20 Å². The van der Waals surface area contributed by atoms with Gasteiger partial charge in [-0.05, 0) is 12.1 Å². The number of nitrogens with zero attached hydrogens (tertiary/aromatic N) is 1. The van der Waals surface area contributed by atoms with Crippen molar-refractivity contribution >= 4 is 0 Å². The maximum absolute atomic E-state index is 9.87. The van der Waals surface area contributed by atoms with Gasteiger partial charge in [0.25, 0.3) is 0 Å². The normalized spacial score (nSPS) is 10.2. The molecule has 0 radical (unpaired) electrons. The van der Waals surface area contributed by atoms with E-state index >= 15 is 0 Å². The SMILES string of the molecule is O=[N+]([O-])C=CCOc1ccccc1. The van der Waals surface area contributed by atoms with E-state index in [2.05, 4.69) is 0 Å². The largest absolute Gasteiger partial charge is 0.489 e. The molecule has 0 N–H and O–H groups in total. The van der Waals surface area contributed by atoms with Gasteiger partial charge in [-0.15, -0.1) is 0 Å². The minimum Gasteiger partial charge on any atom is -0.489 e. The van der Waals surface area contributed by atoms with Crippen molar-refractivity contribution < 1.29 is 9.66 Å². The van der Waals surface area contributed by atoms with E-state index in [0.29, 0.717) is 5.75 Å². The van der Waals surface area contributed by atoms with E-state index in [1.54, 1.807) is 12.1 Å². The summed E-state index contributed by atoms with van der Waals surface area (Å²) in [7, 11) is 0. The van der Waals surface area contributed by atoms with Crippen LogP contribution < -0.4 is 4.74 Å². The molecule has 0 saturated heterocycles. The third kappa shape index (κ3) is 3.91. The molecule has 0 spiro atoms. The lowest BCUT2D eigenvalue weighted by Gasteiger charge is -1.99. The van der Waals surface area contributed by atoms with Crippen LogP contribution in [0.3, 0.4) is 0 Å². The van der Waals surface area contributed by atoms with Crippen molar-refractivity contribution in [2.24, 2.45) is 0 Å². The van der Waals surface area contributed by atoms with E-state index in [9.17, 15) is 10.1 Å². The number of benzene rings is 1. The van der Waals surface area contributed by atoms with Crippen molar-refractivity contribution in [3.05, 3.63) is 52.7 Å². The summed E-state index contributed by atoms with van der Waals surface area (Å²) < 4.78 is 5.17. The van der Waals surface area contributed by atoms with Crippen LogP contribution in [0.25, 0.3) is 0 Å². The topological polar surface area (TPSA) is 52.4 Å². The predicted molar refractivity (Wildman–Crippen MR) is 48.1 cm³/mol. The van der Waals surface area contributed by atoms with Gasteiger partial charge in [0.05, 0.1) is 4.92 Å². The lowest BCUT2D eigenvalue weighted by Crippen LogP contribution is -1.94. The number of para-hydroxylation sites is 1. The number of nitro groups is 1. The molecule has 0 amide bonds. The van der Waals surface area contributed by atoms with E-state index in [1.807, 2.05) is 18.2 Å². The van der Waals surface area contributed by atoms with E-state index < -0.39 is 4.92 Å². The van der Waals surface area contributed by atoms with Gasteiger partial charge in [0.2, 0.25) is 6.20 Å². The molecule has 13 heavy (non-hydrogen) atoms. The van der Waals surface area contributed by atoms with Crippen molar-refractivity contribution in [1.29, 1.82) is 0 Å². The Labute approximate surface area is 75.6 Å². The molecular formula is C9H9NO3. The van der Waals surface area contributed by atoms with Crippen molar-refractivity contribution in [1.82, 2.24) is 0 Å². The summed E-state index contributed by atoms with van der Waals surface area (Å²) in [5.41, 5.74) is 0. The molecule has 68 valence electrons. The van der Waals surface area contributed by atoms with Gasteiger partial charge in [-0.2, -0.15) is 0 Å². The first-order valence-corrected chi connectivity index (χ1v) is 3.77. The van der Waals surface area contributed by atoms with Crippen molar-refractivity contribution in [2.75, 3.05) is 6.61 Å². The maximum atomic E-state index is 9.87. The van der Waals surface area contributed by atoms with Crippen LogP contribution in [-0.4, -0.2) is 11.5 Å². The Bertz CT molecular complexity index is 295. The Hall–Kier alpha value is -1.84. The number of rotatable bonds is 4. The first-order valence-electron chi connectivity index (χ1n) is 3.77. The summed E-state index contributed by atoms with van der Waals surface area (Å²) >= 11 is 0. The average molecular weight is 179 g/mol. The Morgan fingerprint density at radius 1 is 1.38 bits per heavy atom. The lowest BCUT2D eigenvalue weighted by atomic mass is 10.3. The smallest absolute Gasteiger partial charge is 0.233 e. The summed E-state index contributed by atoms with van der Waals surface area (Å²) in [6.07, 6.45) is 2.22. The highest BCUT2D eigenvalue weighted by molar-refractivity contribution is 5.21. The monoisotopic (exact) mass is 179 g/mol. The fraction of sp³-hybridized carbons (Fsp3) is 0.111. The summed E-state index contributed by atoms with van der Waals surface area (Å²) in [6.45, 7) is 0.213. The third-order valence-electron chi connectivity index (χ3n) is 1.32. The van der Waals surface area contributed by atoms with Crippen LogP contribution in [0.1, 0.15) is 0 Å². The molecule has 4 nitrogen and oxygen atoms in total. The average Bonchev–Trinajstić information content (AvgIpc) is 2.14. The summed E-state index contributed by atoms with van der Waals surface area (Å²) in [5, 5.41) is 9.87. The predicted octanol–water partition coefficient (Wildman–Crippen LogP) is 1.86. The van der Waals surface area contributed by atoms with Gasteiger partial charge in [-0.1, -0.05) is 18.2 Å². The Morgan fingerprint density at radius 3 is 2.69 bits per heavy atom. The first kappa shape index (κ1) is 9.25. The molecule has 1 aromatic rings. The van der Waals surface area contributed by atoms with Gasteiger partial charge < -0.3 is 4.74 Å². The summed E-state index contributed by atoms with van der Waals surface area (Å²) in [5.74, 6) is 0.704. The zero-order valence-electron chi connectivity index (χ0n) is 6.92. The minimum atomic E-state index is -0.519. The van der Waals surface area contributed by atoms with E-state index in [-0.39, 0.29) is 6.61 Å². The third-order valence-corrected chi connectivity index (χ3v) is 1.32. The molecule has 0 atom stereocenters. The number of hydrogen-bond donors (Lipinski definition) is 0. The zero-order valence-corrected chi connectivity index (χ0v) is 6.92. The molecule has 1 rings (SSSR count). The van der Waals surface area contributed by atoms with Crippen molar-refractivity contribution in [3.63, 3.8) is 0 Å². The summed E-state index contributed by atoms with van der Waals surface area (Å²) in [6, 6.07) is 9.14. The number of ether oxygens (including phenoxy) is 1. The molecule has 0 bridgehead atoms. The Morgan fingerprint density at radius 2 is 2.08 bits per heavy atom. The fourth-order valence-electron chi connectivity index (χ4n) is 0.790. The van der Waals surface area contributed by atoms with Gasteiger partial charge in [-0.25, -0.2) is 0 Å². The molecule has 0 saturated carbocycles. The highest BCUT2D eigenvalue weighted by atomic mass is 16.6. The fourth-order valence-corrected chi connectivity index (χ4v) is 0.790. The molecule has 0 fully saturated rings. The highest BCUT2D eigenvalue weighted by Gasteiger charge is 1.89. The quantitative estimate of drug-likeness (QED) is 0.523.